The maximum Gasteiger partial charge on any atom is 0.154 e. The summed E-state index contributed by atoms with van der Waals surface area (Å²) in [6, 6.07) is 0. The summed E-state index contributed by atoms with van der Waals surface area (Å²) < 4.78 is 0. The Morgan fingerprint density at radius 3 is 1.56 bits per heavy atom. The van der Waals surface area contributed by atoms with Crippen LogP contribution in [0.1, 0.15) is 20.7 Å². The Morgan fingerprint density at radius 1 is 0.875 bits per heavy atom. The van der Waals surface area contributed by atoms with E-state index in [1.165, 1.54) is 12.4 Å². The molecule has 0 aliphatic carbocycles. The van der Waals surface area contributed by atoms with Crippen LogP contribution in [0.25, 0.3) is 11.0 Å². The van der Waals surface area contributed by atoms with Crippen molar-refractivity contribution >= 4 is 23.6 Å². The molecule has 0 radical (unpaired) electrons. The fourth-order valence-corrected chi connectivity index (χ4v) is 1.43. The van der Waals surface area contributed by atoms with Crippen LogP contribution in [0.15, 0.2) is 12.4 Å². The summed E-state index contributed by atoms with van der Waals surface area (Å²) in [6.45, 7) is 0. The number of aromatic nitrogens is 2. The van der Waals surface area contributed by atoms with E-state index in [9.17, 15) is 19.8 Å². The summed E-state index contributed by atoms with van der Waals surface area (Å²) in [5.41, 5.74) is -0.624. The van der Waals surface area contributed by atoms with Gasteiger partial charge in [-0.3, -0.25) is 9.59 Å². The van der Waals surface area contributed by atoms with Crippen LogP contribution in [-0.2, 0) is 0 Å². The van der Waals surface area contributed by atoms with E-state index in [1.54, 1.807) is 0 Å². The third kappa shape index (κ3) is 1.20. The van der Waals surface area contributed by atoms with Crippen molar-refractivity contribution < 1.29 is 19.8 Å². The zero-order chi connectivity index (χ0) is 11.7. The SMILES string of the molecule is O=Cc1c(C=O)c(O)c2nccnc2c1O. The lowest BCUT2D eigenvalue weighted by atomic mass is 10.1. The number of nitrogens with zero attached hydrogens (tertiary/aromatic N) is 2. The minimum Gasteiger partial charge on any atom is -0.505 e. The molecule has 0 amide bonds. The second-order valence-electron chi connectivity index (χ2n) is 3.01. The quantitative estimate of drug-likeness (QED) is 0.567. The third-order valence-corrected chi connectivity index (χ3v) is 2.18. The van der Waals surface area contributed by atoms with Crippen LogP contribution in [0, 0.1) is 0 Å². The molecule has 16 heavy (non-hydrogen) atoms. The van der Waals surface area contributed by atoms with Gasteiger partial charge >= 0.3 is 0 Å². The summed E-state index contributed by atoms with van der Waals surface area (Å²) in [4.78, 5) is 29.0. The maximum absolute atomic E-state index is 10.7. The number of phenols is 2. The molecule has 0 aliphatic heterocycles. The van der Waals surface area contributed by atoms with E-state index >= 15 is 0 Å². The highest BCUT2D eigenvalue weighted by atomic mass is 16.3. The lowest BCUT2D eigenvalue weighted by Crippen LogP contribution is -1.96. The van der Waals surface area contributed by atoms with Crippen molar-refractivity contribution in [1.29, 1.82) is 0 Å². The molecule has 80 valence electrons. The Bertz CT molecular complexity index is 542. The van der Waals surface area contributed by atoms with Gasteiger partial charge in [-0.1, -0.05) is 0 Å². The van der Waals surface area contributed by atoms with E-state index in [1.807, 2.05) is 0 Å². The molecule has 2 N–H and O–H groups in total. The first-order chi connectivity index (χ1) is 7.70. The summed E-state index contributed by atoms with van der Waals surface area (Å²) in [7, 11) is 0. The van der Waals surface area contributed by atoms with Gasteiger partial charge in [0, 0.05) is 12.4 Å². The van der Waals surface area contributed by atoms with E-state index in [2.05, 4.69) is 9.97 Å². The molecule has 0 aliphatic rings. The van der Waals surface area contributed by atoms with Gasteiger partial charge in [-0.05, 0) is 0 Å². The molecule has 1 aromatic heterocycles. The largest absolute Gasteiger partial charge is 0.505 e. The summed E-state index contributed by atoms with van der Waals surface area (Å²) in [5.74, 6) is -0.920. The molecule has 0 saturated heterocycles. The standard InChI is InChI=1S/C10H6N2O4/c13-3-5-6(4-14)10(16)8-7(9(5)15)11-1-2-12-8/h1-4,15-16H. The summed E-state index contributed by atoms with van der Waals surface area (Å²) in [6.07, 6.45) is 3.17. The molecule has 0 saturated carbocycles. The lowest BCUT2D eigenvalue weighted by molar-refractivity contribution is 0.109. The average molecular weight is 218 g/mol. The van der Waals surface area contributed by atoms with Crippen molar-refractivity contribution in [2.75, 3.05) is 0 Å². The van der Waals surface area contributed by atoms with Crippen LogP contribution in [0.3, 0.4) is 0 Å². The van der Waals surface area contributed by atoms with E-state index in [0.717, 1.165) is 0 Å². The van der Waals surface area contributed by atoms with Crippen molar-refractivity contribution in [2.24, 2.45) is 0 Å². The van der Waals surface area contributed by atoms with Crippen LogP contribution in [0.2, 0.25) is 0 Å². The topological polar surface area (TPSA) is 100 Å². The predicted molar refractivity (Wildman–Crippen MR) is 53.6 cm³/mol. The zero-order valence-electron chi connectivity index (χ0n) is 7.91. The fourth-order valence-electron chi connectivity index (χ4n) is 1.43. The van der Waals surface area contributed by atoms with Gasteiger partial charge in [0.1, 0.15) is 11.0 Å². The molecule has 0 spiro atoms. The number of fused-ring (bicyclic) bond motifs is 1. The van der Waals surface area contributed by atoms with Crippen LogP contribution in [0.5, 0.6) is 11.5 Å². The van der Waals surface area contributed by atoms with Crippen molar-refractivity contribution in [3.05, 3.63) is 23.5 Å². The van der Waals surface area contributed by atoms with Gasteiger partial charge in [-0.15, -0.1) is 0 Å². The lowest BCUT2D eigenvalue weighted by Gasteiger charge is -2.07. The molecule has 6 heteroatoms. The minimum atomic E-state index is -0.460. The van der Waals surface area contributed by atoms with Crippen molar-refractivity contribution in [1.82, 2.24) is 9.97 Å². The number of aldehydes is 2. The van der Waals surface area contributed by atoms with Gasteiger partial charge in [0.15, 0.2) is 24.1 Å². The first kappa shape index (κ1) is 10.0. The number of phenolic OH excluding ortho intramolecular Hbond substituents is 2. The number of carbonyl (C=O) groups excluding carboxylic acids is 2. The van der Waals surface area contributed by atoms with Gasteiger partial charge in [0.2, 0.25) is 0 Å². The molecule has 0 atom stereocenters. The number of aromatic hydroxyl groups is 2. The zero-order valence-corrected chi connectivity index (χ0v) is 7.91. The Labute approximate surface area is 89.2 Å². The number of hydrogen-bond donors (Lipinski definition) is 2. The highest BCUT2D eigenvalue weighted by Crippen LogP contribution is 2.35. The molecule has 0 fully saturated rings. The number of carbonyl (C=O) groups is 2. The minimum absolute atomic E-state index is 0.0206. The van der Waals surface area contributed by atoms with E-state index in [-0.39, 0.29) is 34.7 Å². The predicted octanol–water partition coefficient (Wildman–Crippen LogP) is 0.666. The van der Waals surface area contributed by atoms with Crippen LogP contribution < -0.4 is 0 Å². The number of benzene rings is 1. The average Bonchev–Trinajstić information content (AvgIpc) is 2.33. The highest BCUT2D eigenvalue weighted by molar-refractivity contribution is 6.05. The Hall–Kier alpha value is -2.50. The van der Waals surface area contributed by atoms with Crippen molar-refractivity contribution in [3.63, 3.8) is 0 Å². The number of rotatable bonds is 2. The van der Waals surface area contributed by atoms with Gasteiger partial charge in [-0.2, -0.15) is 0 Å². The van der Waals surface area contributed by atoms with E-state index in [0.29, 0.717) is 0 Å². The molecule has 2 rings (SSSR count). The Kier molecular flexibility index (Phi) is 2.24. The van der Waals surface area contributed by atoms with Crippen LogP contribution in [-0.4, -0.2) is 32.8 Å². The maximum atomic E-state index is 10.7. The molecule has 1 heterocycles. The number of hydrogen-bond acceptors (Lipinski definition) is 6. The monoisotopic (exact) mass is 218 g/mol. The van der Waals surface area contributed by atoms with Gasteiger partial charge in [-0.25, -0.2) is 9.97 Å². The second kappa shape index (κ2) is 3.58. The highest BCUT2D eigenvalue weighted by Gasteiger charge is 2.19. The first-order valence-electron chi connectivity index (χ1n) is 4.29. The van der Waals surface area contributed by atoms with E-state index < -0.39 is 11.5 Å². The van der Waals surface area contributed by atoms with Crippen LogP contribution >= 0.6 is 0 Å². The molecule has 6 nitrogen and oxygen atoms in total. The molecule has 0 bridgehead atoms. The molecule has 0 unspecified atom stereocenters. The second-order valence-corrected chi connectivity index (χ2v) is 3.01. The summed E-state index contributed by atoms with van der Waals surface area (Å²) in [5, 5.41) is 19.4. The molecule has 1 aromatic carbocycles. The molecule has 2 aromatic rings. The Balaban J connectivity index is 3.04. The van der Waals surface area contributed by atoms with Gasteiger partial charge in [0.05, 0.1) is 11.1 Å². The first-order valence-corrected chi connectivity index (χ1v) is 4.29. The van der Waals surface area contributed by atoms with Crippen molar-refractivity contribution in [3.8, 4) is 11.5 Å². The molecular formula is C10H6N2O4. The molecular weight excluding hydrogens is 212 g/mol. The summed E-state index contributed by atoms with van der Waals surface area (Å²) >= 11 is 0. The van der Waals surface area contributed by atoms with Gasteiger partial charge < -0.3 is 10.2 Å². The smallest absolute Gasteiger partial charge is 0.154 e. The van der Waals surface area contributed by atoms with Crippen LogP contribution in [0.4, 0.5) is 0 Å². The van der Waals surface area contributed by atoms with Crippen molar-refractivity contribution in [2.45, 2.75) is 0 Å². The fraction of sp³-hybridized carbons (Fsp3) is 0. The normalized spacial score (nSPS) is 10.2. The van der Waals surface area contributed by atoms with E-state index in [4.69, 9.17) is 0 Å². The third-order valence-electron chi connectivity index (χ3n) is 2.18. The van der Waals surface area contributed by atoms with Gasteiger partial charge in [0.25, 0.3) is 0 Å². The Morgan fingerprint density at radius 2 is 1.25 bits per heavy atom.